The van der Waals surface area contributed by atoms with E-state index >= 15 is 0 Å². The first-order valence-corrected chi connectivity index (χ1v) is 8.96. The summed E-state index contributed by atoms with van der Waals surface area (Å²) in [5, 5.41) is 16.3. The molecule has 0 rings (SSSR count). The highest BCUT2D eigenvalue weighted by Gasteiger charge is 1.99. The Morgan fingerprint density at radius 3 is 1.15 bits per heavy atom. The Hall–Kier alpha value is -2.12. The van der Waals surface area contributed by atoms with Crippen LogP contribution in [0, 0.1) is 0 Å². The largest absolute Gasteiger partial charge is 0.481 e. The lowest BCUT2D eigenvalue weighted by atomic mass is 10.1. The molecule has 2 N–H and O–H groups in total. The molecule has 8 heteroatoms. The molecule has 0 amide bonds. The number of rotatable bonds is 14. The number of carbonyl (C=O) groups excluding carboxylic acids is 2. The average molecular weight is 376 g/mol. The summed E-state index contributed by atoms with van der Waals surface area (Å²) in [4.78, 5) is 40.7. The molecule has 0 radical (unpaired) electrons. The molecular weight excluding hydrogens is 344 g/mol. The number of aliphatic carboxylic acids is 2. The quantitative estimate of drug-likeness (QED) is 0.349. The van der Waals surface area contributed by atoms with Crippen molar-refractivity contribution in [1.82, 2.24) is 0 Å². The van der Waals surface area contributed by atoms with Gasteiger partial charge >= 0.3 is 23.9 Å². The third-order valence-corrected chi connectivity index (χ3v) is 3.18. The van der Waals surface area contributed by atoms with Gasteiger partial charge in [-0.15, -0.1) is 0 Å². The van der Waals surface area contributed by atoms with E-state index in [1.165, 1.54) is 13.8 Å². The Morgan fingerprint density at radius 2 is 0.885 bits per heavy atom. The van der Waals surface area contributed by atoms with Gasteiger partial charge in [-0.2, -0.15) is 0 Å². The van der Waals surface area contributed by atoms with E-state index in [1.54, 1.807) is 0 Å². The second kappa shape index (κ2) is 19.2. The molecule has 0 unspecified atom stereocenters. The monoisotopic (exact) mass is 376 g/mol. The van der Waals surface area contributed by atoms with Crippen LogP contribution in [0.2, 0.25) is 0 Å². The summed E-state index contributed by atoms with van der Waals surface area (Å²) in [5.41, 5.74) is 0. The van der Waals surface area contributed by atoms with Crippen molar-refractivity contribution >= 4 is 23.9 Å². The molecule has 26 heavy (non-hydrogen) atoms. The molecule has 0 fully saturated rings. The molecule has 0 heterocycles. The van der Waals surface area contributed by atoms with Crippen molar-refractivity contribution < 1.29 is 38.9 Å². The summed E-state index contributed by atoms with van der Waals surface area (Å²) in [6.07, 6.45) is 7.33. The third kappa shape index (κ3) is 29.8. The van der Waals surface area contributed by atoms with Gasteiger partial charge in [0.15, 0.2) is 0 Å². The van der Waals surface area contributed by atoms with Crippen molar-refractivity contribution in [3.8, 4) is 0 Å². The van der Waals surface area contributed by atoms with Gasteiger partial charge in [-0.05, 0) is 25.7 Å². The molecule has 0 aromatic rings. The maximum atomic E-state index is 10.4. The predicted octanol–water partition coefficient (Wildman–Crippen LogP) is 3.17. The summed E-state index contributed by atoms with van der Waals surface area (Å²) in [6.45, 7) is 3.91. The first-order valence-electron chi connectivity index (χ1n) is 8.96. The number of carboxylic acid groups (broad SMARTS) is 2. The molecule has 0 bridgehead atoms. The number of unbranched alkanes of at least 4 members (excludes halogenated alkanes) is 6. The zero-order chi connectivity index (χ0) is 20.2. The molecule has 0 spiro atoms. The average Bonchev–Trinajstić information content (AvgIpc) is 2.53. The predicted molar refractivity (Wildman–Crippen MR) is 94.7 cm³/mol. The van der Waals surface area contributed by atoms with Crippen LogP contribution >= 0.6 is 0 Å². The second-order valence-electron chi connectivity index (χ2n) is 5.80. The van der Waals surface area contributed by atoms with E-state index in [0.717, 1.165) is 38.5 Å². The van der Waals surface area contributed by atoms with Crippen LogP contribution in [0.1, 0.15) is 78.1 Å². The number of ether oxygens (including phenoxy) is 2. The summed E-state index contributed by atoms with van der Waals surface area (Å²) < 4.78 is 9.63. The van der Waals surface area contributed by atoms with E-state index in [-0.39, 0.29) is 24.8 Å². The van der Waals surface area contributed by atoms with Gasteiger partial charge < -0.3 is 19.7 Å². The van der Waals surface area contributed by atoms with Crippen molar-refractivity contribution in [2.75, 3.05) is 13.2 Å². The van der Waals surface area contributed by atoms with E-state index in [9.17, 15) is 19.2 Å². The highest BCUT2D eigenvalue weighted by molar-refractivity contribution is 5.68. The SMILES string of the molecule is CC(=O)OCCCCCCCCOC(C)=O.O=C(O)CCCCC(=O)O. The first-order chi connectivity index (χ1) is 12.3. The van der Waals surface area contributed by atoms with Crippen molar-refractivity contribution in [2.45, 2.75) is 78.1 Å². The van der Waals surface area contributed by atoms with Gasteiger partial charge in [0.1, 0.15) is 0 Å². The Morgan fingerprint density at radius 1 is 0.577 bits per heavy atom. The Labute approximate surface area is 154 Å². The number of hydrogen-bond acceptors (Lipinski definition) is 6. The molecule has 0 saturated carbocycles. The molecule has 0 aromatic heterocycles. The molecule has 0 aromatic carbocycles. The van der Waals surface area contributed by atoms with Crippen LogP contribution in [0.4, 0.5) is 0 Å². The highest BCUT2D eigenvalue weighted by atomic mass is 16.5. The standard InChI is InChI=1S/C12H22O4.C6H10O4/c1-11(13)15-9-7-5-3-4-6-8-10-16-12(2)14;7-5(8)3-1-2-4-6(9)10/h3-10H2,1-2H3;1-4H2,(H,7,8)(H,9,10). The number of hydrogen-bond donors (Lipinski definition) is 2. The summed E-state index contributed by atoms with van der Waals surface area (Å²) in [5.74, 6) is -2.15. The maximum Gasteiger partial charge on any atom is 0.303 e. The molecule has 8 nitrogen and oxygen atoms in total. The van der Waals surface area contributed by atoms with Crippen LogP contribution in [0.3, 0.4) is 0 Å². The van der Waals surface area contributed by atoms with Crippen LogP contribution in [-0.4, -0.2) is 47.3 Å². The summed E-state index contributed by atoms with van der Waals surface area (Å²) in [6, 6.07) is 0. The van der Waals surface area contributed by atoms with Gasteiger partial charge in [0.25, 0.3) is 0 Å². The minimum absolute atomic E-state index is 0.0628. The highest BCUT2D eigenvalue weighted by Crippen LogP contribution is 2.05. The van der Waals surface area contributed by atoms with Gasteiger partial charge in [0, 0.05) is 26.7 Å². The fourth-order valence-electron chi connectivity index (χ4n) is 1.90. The molecule has 0 atom stereocenters. The van der Waals surface area contributed by atoms with E-state index in [2.05, 4.69) is 0 Å². The molecule has 0 aliphatic heterocycles. The summed E-state index contributed by atoms with van der Waals surface area (Å²) >= 11 is 0. The van der Waals surface area contributed by atoms with E-state index < -0.39 is 11.9 Å². The van der Waals surface area contributed by atoms with Crippen LogP contribution in [0.5, 0.6) is 0 Å². The van der Waals surface area contributed by atoms with Crippen molar-refractivity contribution in [2.24, 2.45) is 0 Å². The molecule has 152 valence electrons. The second-order valence-corrected chi connectivity index (χ2v) is 5.80. The van der Waals surface area contributed by atoms with Gasteiger partial charge in [-0.3, -0.25) is 19.2 Å². The molecule has 0 saturated heterocycles. The van der Waals surface area contributed by atoms with Gasteiger partial charge in [-0.25, -0.2) is 0 Å². The lowest BCUT2D eigenvalue weighted by Gasteiger charge is -2.03. The van der Waals surface area contributed by atoms with Crippen LogP contribution < -0.4 is 0 Å². The lowest BCUT2D eigenvalue weighted by Crippen LogP contribution is -2.01. The zero-order valence-corrected chi connectivity index (χ0v) is 15.8. The van der Waals surface area contributed by atoms with Gasteiger partial charge in [-0.1, -0.05) is 25.7 Å². The van der Waals surface area contributed by atoms with Crippen molar-refractivity contribution in [3.63, 3.8) is 0 Å². The fraction of sp³-hybridized carbons (Fsp3) is 0.778. The Balaban J connectivity index is 0. The fourth-order valence-corrected chi connectivity index (χ4v) is 1.90. The topological polar surface area (TPSA) is 127 Å². The maximum absolute atomic E-state index is 10.4. The van der Waals surface area contributed by atoms with Crippen molar-refractivity contribution in [1.29, 1.82) is 0 Å². The number of esters is 2. The Bertz CT molecular complexity index is 368. The Kier molecular flexibility index (Phi) is 19.3. The third-order valence-electron chi connectivity index (χ3n) is 3.18. The summed E-state index contributed by atoms with van der Waals surface area (Å²) in [7, 11) is 0. The minimum Gasteiger partial charge on any atom is -0.481 e. The lowest BCUT2D eigenvalue weighted by molar-refractivity contribution is -0.142. The van der Waals surface area contributed by atoms with Crippen LogP contribution in [0.25, 0.3) is 0 Å². The smallest absolute Gasteiger partial charge is 0.303 e. The van der Waals surface area contributed by atoms with Crippen molar-refractivity contribution in [3.05, 3.63) is 0 Å². The molecule has 0 aliphatic rings. The minimum atomic E-state index is -0.870. The first kappa shape index (κ1) is 26.1. The number of carboxylic acids is 2. The molecular formula is C18H32O8. The van der Waals surface area contributed by atoms with Crippen LogP contribution in [-0.2, 0) is 28.7 Å². The van der Waals surface area contributed by atoms with Gasteiger partial charge in [0.05, 0.1) is 13.2 Å². The van der Waals surface area contributed by atoms with E-state index in [0.29, 0.717) is 26.1 Å². The zero-order valence-electron chi connectivity index (χ0n) is 15.8. The molecule has 0 aliphatic carbocycles. The number of carbonyl (C=O) groups is 4. The van der Waals surface area contributed by atoms with E-state index in [1.807, 2.05) is 0 Å². The van der Waals surface area contributed by atoms with E-state index in [4.69, 9.17) is 19.7 Å². The van der Waals surface area contributed by atoms with Gasteiger partial charge in [0.2, 0.25) is 0 Å². The van der Waals surface area contributed by atoms with Crippen LogP contribution in [0.15, 0.2) is 0 Å². The normalized spacial score (nSPS) is 9.62.